The SMILES string of the molecule is CCC1=CC(C(=O)O)CN=C1c1ccc2nc(-c3ccccc3)oc2c1. The molecule has 1 aliphatic heterocycles. The summed E-state index contributed by atoms with van der Waals surface area (Å²) in [7, 11) is 0. The Hall–Kier alpha value is -3.21. The van der Waals surface area contributed by atoms with Gasteiger partial charge in [0, 0.05) is 11.1 Å². The van der Waals surface area contributed by atoms with Crippen LogP contribution in [0, 0.1) is 5.92 Å². The molecule has 1 aromatic heterocycles. The monoisotopic (exact) mass is 346 g/mol. The highest BCUT2D eigenvalue weighted by molar-refractivity contribution is 6.14. The number of rotatable bonds is 4. The van der Waals surface area contributed by atoms with E-state index in [-0.39, 0.29) is 6.54 Å². The van der Waals surface area contributed by atoms with Crippen molar-refractivity contribution in [3.63, 3.8) is 0 Å². The van der Waals surface area contributed by atoms with Crippen LogP contribution in [0.15, 0.2) is 69.6 Å². The number of aliphatic carboxylic acids is 1. The van der Waals surface area contributed by atoms with Gasteiger partial charge >= 0.3 is 5.97 Å². The molecule has 0 spiro atoms. The van der Waals surface area contributed by atoms with Gasteiger partial charge in [0.25, 0.3) is 0 Å². The molecule has 4 rings (SSSR count). The largest absolute Gasteiger partial charge is 0.481 e. The van der Waals surface area contributed by atoms with Gasteiger partial charge in [0.05, 0.1) is 18.2 Å². The standard InChI is InChI=1S/C21H18N2O3/c1-2-13-10-16(21(24)25)12-22-19(13)15-8-9-17-18(11-15)26-20(23-17)14-6-4-3-5-7-14/h3-11,16H,2,12H2,1H3,(H,24,25). The molecule has 0 amide bonds. The van der Waals surface area contributed by atoms with E-state index in [4.69, 9.17) is 4.42 Å². The summed E-state index contributed by atoms with van der Waals surface area (Å²) in [5.74, 6) is -0.801. The van der Waals surface area contributed by atoms with Crippen LogP contribution in [0.5, 0.6) is 0 Å². The predicted molar refractivity (Wildman–Crippen MR) is 100 cm³/mol. The Bertz CT molecular complexity index is 1030. The highest BCUT2D eigenvalue weighted by Crippen LogP contribution is 2.27. The first-order valence-electron chi connectivity index (χ1n) is 8.60. The summed E-state index contributed by atoms with van der Waals surface area (Å²) in [6, 6.07) is 15.6. The molecule has 0 saturated heterocycles. The third kappa shape index (κ3) is 2.92. The van der Waals surface area contributed by atoms with Crippen LogP contribution < -0.4 is 0 Å². The molecule has 0 bridgehead atoms. The lowest BCUT2D eigenvalue weighted by Crippen LogP contribution is -2.22. The number of aromatic nitrogens is 1. The smallest absolute Gasteiger partial charge is 0.312 e. The number of oxazole rings is 1. The second kappa shape index (κ2) is 6.59. The Balaban J connectivity index is 1.72. The lowest BCUT2D eigenvalue weighted by Gasteiger charge is -2.18. The van der Waals surface area contributed by atoms with E-state index in [0.717, 1.165) is 34.3 Å². The van der Waals surface area contributed by atoms with Crippen molar-refractivity contribution < 1.29 is 14.3 Å². The summed E-state index contributed by atoms with van der Waals surface area (Å²) in [5.41, 5.74) is 5.12. The maximum absolute atomic E-state index is 11.2. The number of carboxylic acids is 1. The second-order valence-electron chi connectivity index (χ2n) is 6.25. The average Bonchev–Trinajstić information content (AvgIpc) is 3.11. The lowest BCUT2D eigenvalue weighted by atomic mass is 9.93. The zero-order valence-corrected chi connectivity index (χ0v) is 14.3. The number of hydrogen-bond acceptors (Lipinski definition) is 4. The molecule has 2 heterocycles. The van der Waals surface area contributed by atoms with Crippen molar-refractivity contribution in [2.75, 3.05) is 6.54 Å². The van der Waals surface area contributed by atoms with Crippen molar-refractivity contribution in [2.45, 2.75) is 13.3 Å². The Morgan fingerprint density at radius 3 is 2.73 bits per heavy atom. The Kier molecular flexibility index (Phi) is 4.13. The molecule has 5 heteroatoms. The van der Waals surface area contributed by atoms with Crippen molar-refractivity contribution in [2.24, 2.45) is 10.9 Å². The number of allylic oxidation sites excluding steroid dienone is 1. The van der Waals surface area contributed by atoms with Crippen LogP contribution in [0.25, 0.3) is 22.6 Å². The quantitative estimate of drug-likeness (QED) is 0.763. The number of dihydropyridines is 1. The number of aliphatic imine (C=N–C) groups is 1. The molecular formula is C21H18N2O3. The number of fused-ring (bicyclic) bond motifs is 1. The van der Waals surface area contributed by atoms with Gasteiger partial charge in [0.2, 0.25) is 5.89 Å². The van der Waals surface area contributed by atoms with Crippen molar-refractivity contribution in [1.82, 2.24) is 4.98 Å². The highest BCUT2D eigenvalue weighted by Gasteiger charge is 2.22. The zero-order chi connectivity index (χ0) is 18.1. The molecule has 1 N–H and O–H groups in total. The fourth-order valence-electron chi connectivity index (χ4n) is 3.15. The van der Waals surface area contributed by atoms with Crippen molar-refractivity contribution in [3.8, 4) is 11.5 Å². The summed E-state index contributed by atoms with van der Waals surface area (Å²) in [5, 5.41) is 9.22. The number of carboxylic acid groups (broad SMARTS) is 1. The van der Waals surface area contributed by atoms with E-state index in [9.17, 15) is 9.90 Å². The maximum atomic E-state index is 11.2. The van der Waals surface area contributed by atoms with Crippen LogP contribution in [0.1, 0.15) is 18.9 Å². The fraction of sp³-hybridized carbons (Fsp3) is 0.190. The predicted octanol–water partition coefficient (Wildman–Crippen LogP) is 4.33. The van der Waals surface area contributed by atoms with E-state index in [1.807, 2.05) is 61.5 Å². The van der Waals surface area contributed by atoms with Crippen LogP contribution in [-0.2, 0) is 4.79 Å². The van der Waals surface area contributed by atoms with Crippen LogP contribution in [0.3, 0.4) is 0 Å². The molecule has 0 radical (unpaired) electrons. The van der Waals surface area contributed by atoms with Crippen LogP contribution in [0.4, 0.5) is 0 Å². The van der Waals surface area contributed by atoms with E-state index >= 15 is 0 Å². The molecular weight excluding hydrogens is 328 g/mol. The fourth-order valence-corrected chi connectivity index (χ4v) is 3.15. The number of hydrogen-bond donors (Lipinski definition) is 1. The van der Waals surface area contributed by atoms with Gasteiger partial charge in [-0.1, -0.05) is 37.3 Å². The van der Waals surface area contributed by atoms with Gasteiger partial charge in [-0.2, -0.15) is 0 Å². The molecule has 2 aromatic carbocycles. The van der Waals surface area contributed by atoms with Crippen molar-refractivity contribution in [1.29, 1.82) is 0 Å². The first-order chi connectivity index (χ1) is 12.7. The minimum Gasteiger partial charge on any atom is -0.481 e. The van der Waals surface area contributed by atoms with Crippen LogP contribution >= 0.6 is 0 Å². The molecule has 26 heavy (non-hydrogen) atoms. The lowest BCUT2D eigenvalue weighted by molar-refractivity contribution is -0.139. The molecule has 3 aromatic rings. The third-order valence-electron chi connectivity index (χ3n) is 4.53. The molecule has 1 aliphatic rings. The molecule has 130 valence electrons. The second-order valence-corrected chi connectivity index (χ2v) is 6.25. The Labute approximate surface area is 150 Å². The minimum absolute atomic E-state index is 0.262. The summed E-state index contributed by atoms with van der Waals surface area (Å²) < 4.78 is 5.93. The first kappa shape index (κ1) is 16.3. The molecule has 5 nitrogen and oxygen atoms in total. The van der Waals surface area contributed by atoms with Gasteiger partial charge in [0.1, 0.15) is 5.52 Å². The van der Waals surface area contributed by atoms with E-state index in [1.54, 1.807) is 0 Å². The van der Waals surface area contributed by atoms with Gasteiger partial charge < -0.3 is 9.52 Å². The Morgan fingerprint density at radius 2 is 2.00 bits per heavy atom. The zero-order valence-electron chi connectivity index (χ0n) is 14.3. The third-order valence-corrected chi connectivity index (χ3v) is 4.53. The van der Waals surface area contributed by atoms with Gasteiger partial charge in [0.15, 0.2) is 5.58 Å². The first-order valence-corrected chi connectivity index (χ1v) is 8.60. The maximum Gasteiger partial charge on any atom is 0.312 e. The molecule has 1 unspecified atom stereocenters. The Morgan fingerprint density at radius 1 is 1.19 bits per heavy atom. The van der Waals surface area contributed by atoms with Crippen molar-refractivity contribution in [3.05, 3.63) is 65.7 Å². The molecule has 1 atom stereocenters. The van der Waals surface area contributed by atoms with E-state index in [1.165, 1.54) is 0 Å². The number of benzene rings is 2. The van der Waals surface area contributed by atoms with Crippen LogP contribution in [0.2, 0.25) is 0 Å². The average molecular weight is 346 g/mol. The minimum atomic E-state index is -0.836. The van der Waals surface area contributed by atoms with Crippen LogP contribution in [-0.4, -0.2) is 28.3 Å². The van der Waals surface area contributed by atoms with Gasteiger partial charge in [-0.3, -0.25) is 9.79 Å². The summed E-state index contributed by atoms with van der Waals surface area (Å²) in [6.07, 6.45) is 2.54. The molecule has 0 aliphatic carbocycles. The van der Waals surface area contributed by atoms with E-state index in [2.05, 4.69) is 9.98 Å². The number of carbonyl (C=O) groups is 1. The molecule has 0 saturated carbocycles. The summed E-state index contributed by atoms with van der Waals surface area (Å²) in [4.78, 5) is 20.3. The van der Waals surface area contributed by atoms with Gasteiger partial charge in [-0.25, -0.2) is 4.98 Å². The van der Waals surface area contributed by atoms with E-state index < -0.39 is 11.9 Å². The molecule has 0 fully saturated rings. The normalized spacial score (nSPS) is 17.0. The van der Waals surface area contributed by atoms with Crippen molar-refractivity contribution >= 4 is 22.8 Å². The van der Waals surface area contributed by atoms with Gasteiger partial charge in [-0.05, 0) is 36.3 Å². The summed E-state index contributed by atoms with van der Waals surface area (Å²) >= 11 is 0. The van der Waals surface area contributed by atoms with E-state index in [0.29, 0.717) is 11.5 Å². The topological polar surface area (TPSA) is 75.7 Å². The highest BCUT2D eigenvalue weighted by atomic mass is 16.4. The summed E-state index contributed by atoms with van der Waals surface area (Å²) in [6.45, 7) is 2.27. The van der Waals surface area contributed by atoms with Gasteiger partial charge in [-0.15, -0.1) is 0 Å². The number of nitrogens with zero attached hydrogens (tertiary/aromatic N) is 2.